The molecule has 2 aromatic rings. The molecule has 0 bridgehead atoms. The number of phenolic OH excluding ortho intramolecular Hbond substituents is 1. The molecule has 0 atom stereocenters. The molecule has 0 amide bonds. The molecule has 0 aromatic heterocycles. The van der Waals surface area contributed by atoms with Gasteiger partial charge in [0.25, 0.3) is 0 Å². The molecule has 2 rings (SSSR count). The number of carboxylic acids is 1. The number of benzene rings is 2. The number of rotatable bonds is 3. The molecular formula is C14H14O4. The van der Waals surface area contributed by atoms with Crippen molar-refractivity contribution >= 4 is 16.7 Å². The minimum absolute atomic E-state index is 0.145. The van der Waals surface area contributed by atoms with E-state index >= 15 is 0 Å². The Labute approximate surface area is 104 Å². The maximum Gasteiger partial charge on any atom is 0.347 e. The molecule has 0 saturated carbocycles. The lowest BCUT2D eigenvalue weighted by molar-refractivity contribution is -0.152. The Morgan fingerprint density at radius 2 is 1.72 bits per heavy atom. The Morgan fingerprint density at radius 1 is 1.11 bits per heavy atom. The van der Waals surface area contributed by atoms with Crippen molar-refractivity contribution in [2.24, 2.45) is 0 Å². The van der Waals surface area contributed by atoms with Gasteiger partial charge in [0.05, 0.1) is 0 Å². The van der Waals surface area contributed by atoms with Crippen LogP contribution in [0.2, 0.25) is 0 Å². The summed E-state index contributed by atoms with van der Waals surface area (Å²) in [4.78, 5) is 11.1. The lowest BCUT2D eigenvalue weighted by Crippen LogP contribution is -2.37. The van der Waals surface area contributed by atoms with Crippen LogP contribution >= 0.6 is 0 Å². The van der Waals surface area contributed by atoms with E-state index in [0.717, 1.165) is 0 Å². The first-order chi connectivity index (χ1) is 8.42. The van der Waals surface area contributed by atoms with E-state index in [4.69, 9.17) is 9.84 Å². The maximum absolute atomic E-state index is 11.1. The standard InChI is InChI=1S/C14H14O4/c1-14(2,13(16)17)18-12-8-7-11(15)9-5-3-4-6-10(9)12/h3-8,15H,1-2H3,(H,16,17). The van der Waals surface area contributed by atoms with E-state index in [9.17, 15) is 9.90 Å². The first kappa shape index (κ1) is 12.2. The third kappa shape index (κ3) is 2.09. The second-order valence-electron chi connectivity index (χ2n) is 4.55. The molecular weight excluding hydrogens is 232 g/mol. The SMILES string of the molecule is CC(C)(Oc1ccc(O)c2ccccc12)C(=O)O. The second kappa shape index (κ2) is 4.22. The molecule has 94 valence electrons. The lowest BCUT2D eigenvalue weighted by Gasteiger charge is -2.22. The van der Waals surface area contributed by atoms with Crippen LogP contribution in [0, 0.1) is 0 Å². The third-order valence-corrected chi connectivity index (χ3v) is 2.74. The molecule has 4 nitrogen and oxygen atoms in total. The Kier molecular flexibility index (Phi) is 2.87. The summed E-state index contributed by atoms with van der Waals surface area (Å²) < 4.78 is 5.52. The van der Waals surface area contributed by atoms with Gasteiger partial charge in [0.2, 0.25) is 0 Å². The summed E-state index contributed by atoms with van der Waals surface area (Å²) in [6.45, 7) is 2.97. The minimum atomic E-state index is -1.32. The summed E-state index contributed by atoms with van der Waals surface area (Å²) >= 11 is 0. The van der Waals surface area contributed by atoms with Gasteiger partial charge in [-0.1, -0.05) is 24.3 Å². The van der Waals surface area contributed by atoms with Crippen LogP contribution in [0.5, 0.6) is 11.5 Å². The first-order valence-electron chi connectivity index (χ1n) is 5.55. The minimum Gasteiger partial charge on any atom is -0.507 e. The molecule has 18 heavy (non-hydrogen) atoms. The van der Waals surface area contributed by atoms with Crippen LogP contribution in [-0.4, -0.2) is 21.8 Å². The van der Waals surface area contributed by atoms with Gasteiger partial charge in [-0.15, -0.1) is 0 Å². The molecule has 2 N–H and O–H groups in total. The van der Waals surface area contributed by atoms with E-state index in [1.165, 1.54) is 19.9 Å². The first-order valence-corrected chi connectivity index (χ1v) is 5.55. The number of fused-ring (bicyclic) bond motifs is 1. The van der Waals surface area contributed by atoms with Crippen molar-refractivity contribution in [2.75, 3.05) is 0 Å². The maximum atomic E-state index is 11.1. The van der Waals surface area contributed by atoms with Crippen LogP contribution in [0.3, 0.4) is 0 Å². The molecule has 0 aliphatic rings. The van der Waals surface area contributed by atoms with Gasteiger partial charge >= 0.3 is 5.97 Å². The predicted octanol–water partition coefficient (Wildman–Crippen LogP) is 2.79. The number of aliphatic carboxylic acids is 1. The van der Waals surface area contributed by atoms with Crippen LogP contribution in [0.4, 0.5) is 0 Å². The van der Waals surface area contributed by atoms with E-state index in [1.807, 2.05) is 6.07 Å². The molecule has 0 spiro atoms. The zero-order valence-electron chi connectivity index (χ0n) is 10.2. The fourth-order valence-corrected chi connectivity index (χ4v) is 1.66. The third-order valence-electron chi connectivity index (χ3n) is 2.74. The quantitative estimate of drug-likeness (QED) is 0.873. The summed E-state index contributed by atoms with van der Waals surface area (Å²) in [6.07, 6.45) is 0. The van der Waals surface area contributed by atoms with Crippen molar-refractivity contribution < 1.29 is 19.7 Å². The van der Waals surface area contributed by atoms with Crippen molar-refractivity contribution in [3.63, 3.8) is 0 Å². The lowest BCUT2D eigenvalue weighted by atomic mass is 10.1. The van der Waals surface area contributed by atoms with Crippen molar-refractivity contribution in [3.05, 3.63) is 36.4 Å². The normalized spacial score (nSPS) is 11.4. The molecule has 0 saturated heterocycles. The number of ether oxygens (including phenoxy) is 1. The molecule has 2 aromatic carbocycles. The molecule has 0 aliphatic carbocycles. The zero-order valence-corrected chi connectivity index (χ0v) is 10.2. The van der Waals surface area contributed by atoms with E-state index in [2.05, 4.69) is 0 Å². The summed E-state index contributed by atoms with van der Waals surface area (Å²) in [5, 5.41) is 20.1. The average Bonchev–Trinajstić information content (AvgIpc) is 2.33. The number of phenols is 1. The number of aromatic hydroxyl groups is 1. The molecule has 0 radical (unpaired) electrons. The zero-order chi connectivity index (χ0) is 13.3. The van der Waals surface area contributed by atoms with Gasteiger partial charge in [0, 0.05) is 10.8 Å². The highest BCUT2D eigenvalue weighted by atomic mass is 16.5. The van der Waals surface area contributed by atoms with Gasteiger partial charge in [0.1, 0.15) is 11.5 Å². The molecule has 0 heterocycles. The highest BCUT2D eigenvalue weighted by molar-refractivity contribution is 5.93. The smallest absolute Gasteiger partial charge is 0.347 e. The van der Waals surface area contributed by atoms with Gasteiger partial charge in [-0.25, -0.2) is 4.79 Å². The van der Waals surface area contributed by atoms with Crippen LogP contribution in [0.15, 0.2) is 36.4 Å². The van der Waals surface area contributed by atoms with Gasteiger partial charge in [-0.05, 0) is 26.0 Å². The van der Waals surface area contributed by atoms with Crippen LogP contribution < -0.4 is 4.74 Å². The van der Waals surface area contributed by atoms with Crippen LogP contribution in [-0.2, 0) is 4.79 Å². The number of hydrogen-bond acceptors (Lipinski definition) is 3. The molecule has 4 heteroatoms. The molecule has 0 unspecified atom stereocenters. The van der Waals surface area contributed by atoms with E-state index < -0.39 is 11.6 Å². The van der Waals surface area contributed by atoms with Crippen molar-refractivity contribution in [1.82, 2.24) is 0 Å². The monoisotopic (exact) mass is 246 g/mol. The average molecular weight is 246 g/mol. The topological polar surface area (TPSA) is 66.8 Å². The van der Waals surface area contributed by atoms with Crippen molar-refractivity contribution in [2.45, 2.75) is 19.4 Å². The summed E-state index contributed by atoms with van der Waals surface area (Å²) in [5.74, 6) is -0.457. The van der Waals surface area contributed by atoms with Gasteiger partial charge in [-0.3, -0.25) is 0 Å². The van der Waals surface area contributed by atoms with E-state index in [-0.39, 0.29) is 5.75 Å². The highest BCUT2D eigenvalue weighted by Crippen LogP contribution is 2.33. The second-order valence-corrected chi connectivity index (χ2v) is 4.55. The van der Waals surface area contributed by atoms with E-state index in [0.29, 0.717) is 16.5 Å². The van der Waals surface area contributed by atoms with Gasteiger partial charge in [-0.2, -0.15) is 0 Å². The van der Waals surface area contributed by atoms with E-state index in [1.54, 1.807) is 24.3 Å². The highest BCUT2D eigenvalue weighted by Gasteiger charge is 2.30. The summed E-state index contributed by atoms with van der Waals surface area (Å²) in [6, 6.07) is 10.2. The number of carboxylic acid groups (broad SMARTS) is 1. The Morgan fingerprint density at radius 3 is 2.33 bits per heavy atom. The van der Waals surface area contributed by atoms with Crippen molar-refractivity contribution in [3.8, 4) is 11.5 Å². The molecule has 0 aliphatic heterocycles. The number of hydrogen-bond donors (Lipinski definition) is 2. The van der Waals surface area contributed by atoms with Crippen molar-refractivity contribution in [1.29, 1.82) is 0 Å². The Hall–Kier alpha value is -2.23. The van der Waals surface area contributed by atoms with Gasteiger partial charge < -0.3 is 14.9 Å². The Bertz CT molecular complexity index is 602. The fraction of sp³-hybridized carbons (Fsp3) is 0.214. The predicted molar refractivity (Wildman–Crippen MR) is 68.0 cm³/mol. The number of carbonyl (C=O) groups is 1. The summed E-state index contributed by atoms with van der Waals surface area (Å²) in [5.41, 5.74) is -1.32. The van der Waals surface area contributed by atoms with Crippen LogP contribution in [0.25, 0.3) is 10.8 Å². The Balaban J connectivity index is 2.53. The fourth-order valence-electron chi connectivity index (χ4n) is 1.66. The molecule has 0 fully saturated rings. The summed E-state index contributed by atoms with van der Waals surface area (Å²) in [7, 11) is 0. The largest absolute Gasteiger partial charge is 0.507 e. The van der Waals surface area contributed by atoms with Gasteiger partial charge in [0.15, 0.2) is 5.60 Å². The van der Waals surface area contributed by atoms with Crippen LogP contribution in [0.1, 0.15) is 13.8 Å².